The number of hydrogen-bond acceptors (Lipinski definition) is 3. The van der Waals surface area contributed by atoms with Crippen LogP contribution in [0.1, 0.15) is 85.5 Å². The first kappa shape index (κ1) is 26.6. The predicted molar refractivity (Wildman–Crippen MR) is 129 cm³/mol. The smallest absolute Gasteiger partial charge is 0.243 e. The van der Waals surface area contributed by atoms with Crippen molar-refractivity contribution >= 4 is 11.8 Å². The third-order valence-corrected chi connectivity index (χ3v) is 6.55. The number of allylic oxidation sites excluding steroid dienone is 2. The lowest BCUT2D eigenvalue weighted by molar-refractivity contribution is -0.126. The number of carbonyl (C=O) groups excluding carboxylic acids is 2. The van der Waals surface area contributed by atoms with E-state index in [1.807, 2.05) is 6.08 Å². The van der Waals surface area contributed by atoms with Crippen LogP contribution in [-0.4, -0.2) is 55.1 Å². The Morgan fingerprint density at radius 3 is 2.56 bits per heavy atom. The molecule has 0 aromatic heterocycles. The van der Waals surface area contributed by atoms with Gasteiger partial charge in [-0.15, -0.1) is 0 Å². The summed E-state index contributed by atoms with van der Waals surface area (Å²) in [5.74, 6) is -0.190. The number of hydrogen-bond donors (Lipinski definition) is 2. The van der Waals surface area contributed by atoms with Gasteiger partial charge >= 0.3 is 0 Å². The Morgan fingerprint density at radius 1 is 1.16 bits per heavy atom. The van der Waals surface area contributed by atoms with Crippen LogP contribution < -0.4 is 10.6 Å². The van der Waals surface area contributed by atoms with Crippen LogP contribution in [-0.2, 0) is 9.59 Å². The molecule has 0 unspecified atom stereocenters. The van der Waals surface area contributed by atoms with Crippen molar-refractivity contribution in [1.29, 1.82) is 0 Å². The maximum Gasteiger partial charge on any atom is 0.243 e. The Bertz CT molecular complexity index is 681. The summed E-state index contributed by atoms with van der Waals surface area (Å²) in [5, 5.41) is 5.93. The average molecular weight is 450 g/mol. The van der Waals surface area contributed by atoms with E-state index in [1.165, 1.54) is 18.1 Å². The van der Waals surface area contributed by atoms with Gasteiger partial charge in [-0.2, -0.15) is 0 Å². The van der Waals surface area contributed by atoms with Crippen molar-refractivity contribution in [2.75, 3.05) is 26.3 Å². The molecule has 182 valence electrons. The molecule has 2 aliphatic rings. The lowest BCUT2D eigenvalue weighted by Crippen LogP contribution is -2.46. The molecule has 2 atom stereocenters. The Hall–Kier alpha value is -1.69. The van der Waals surface area contributed by atoms with Crippen molar-refractivity contribution in [3.8, 4) is 0 Å². The fourth-order valence-corrected chi connectivity index (χ4v) is 4.52. The second-order valence-corrected chi connectivity index (χ2v) is 10.6. The van der Waals surface area contributed by atoms with Gasteiger partial charge in [0.1, 0.15) is 12.7 Å². The summed E-state index contributed by atoms with van der Waals surface area (Å²) in [6.45, 7) is 11.8. The molecule has 0 spiro atoms. The maximum atomic E-state index is 13.0. The van der Waals surface area contributed by atoms with Crippen LogP contribution in [0, 0.1) is 5.41 Å². The molecule has 0 aliphatic carbocycles. The topological polar surface area (TPSA) is 61.4 Å². The van der Waals surface area contributed by atoms with Gasteiger partial charge in [-0.25, -0.2) is 4.39 Å². The van der Waals surface area contributed by atoms with Crippen LogP contribution in [0.15, 0.2) is 23.3 Å². The van der Waals surface area contributed by atoms with E-state index in [-0.39, 0.29) is 17.9 Å². The molecule has 5 nitrogen and oxygen atoms in total. The molecule has 0 radical (unpaired) electrons. The zero-order valence-electron chi connectivity index (χ0n) is 20.6. The maximum absolute atomic E-state index is 13.0. The molecule has 0 bridgehead atoms. The highest BCUT2D eigenvalue weighted by molar-refractivity contribution is 5.91. The normalized spacial score (nSPS) is 27.1. The first-order valence-corrected chi connectivity index (χ1v) is 12.4. The number of alkyl halides is 1. The first-order chi connectivity index (χ1) is 15.2. The van der Waals surface area contributed by atoms with Crippen LogP contribution in [0.4, 0.5) is 4.39 Å². The van der Waals surface area contributed by atoms with E-state index in [0.717, 1.165) is 63.7 Å². The Labute approximate surface area is 194 Å². The Balaban J connectivity index is 2.11. The van der Waals surface area contributed by atoms with Crippen molar-refractivity contribution < 1.29 is 14.0 Å². The van der Waals surface area contributed by atoms with Gasteiger partial charge in [-0.1, -0.05) is 51.3 Å². The van der Waals surface area contributed by atoms with Gasteiger partial charge in [0.2, 0.25) is 11.8 Å². The minimum absolute atomic E-state index is 0.0656. The number of nitrogens with zero attached hydrogens (tertiary/aromatic N) is 1. The molecule has 0 saturated carbocycles. The lowest BCUT2D eigenvalue weighted by Gasteiger charge is -2.28. The van der Waals surface area contributed by atoms with E-state index >= 15 is 0 Å². The quantitative estimate of drug-likeness (QED) is 0.619. The zero-order chi connectivity index (χ0) is 23.6. The van der Waals surface area contributed by atoms with Crippen LogP contribution in [0.25, 0.3) is 0 Å². The van der Waals surface area contributed by atoms with Crippen LogP contribution >= 0.6 is 0 Å². The molecule has 2 aliphatic heterocycles. The summed E-state index contributed by atoms with van der Waals surface area (Å²) < 4.78 is 13.0. The molecule has 1 saturated heterocycles. The molecule has 6 heteroatoms. The van der Waals surface area contributed by atoms with Crippen molar-refractivity contribution in [3.05, 3.63) is 23.3 Å². The van der Waals surface area contributed by atoms with Crippen LogP contribution in [0.3, 0.4) is 0 Å². The van der Waals surface area contributed by atoms with Crippen molar-refractivity contribution in [1.82, 2.24) is 15.5 Å². The van der Waals surface area contributed by atoms with E-state index in [2.05, 4.69) is 43.2 Å². The van der Waals surface area contributed by atoms with Gasteiger partial charge in [-0.05, 0) is 76.1 Å². The molecule has 1 fully saturated rings. The number of amides is 2. The summed E-state index contributed by atoms with van der Waals surface area (Å²) in [7, 11) is 0. The highest BCUT2D eigenvalue weighted by Gasteiger charge is 2.29. The van der Waals surface area contributed by atoms with Gasteiger partial charge in [-0.3, -0.25) is 9.59 Å². The fraction of sp³-hybridized carbons (Fsp3) is 0.769. The number of halogens is 1. The molecule has 2 amide bonds. The zero-order valence-corrected chi connectivity index (χ0v) is 20.6. The first-order valence-electron chi connectivity index (χ1n) is 12.4. The van der Waals surface area contributed by atoms with E-state index in [4.69, 9.17) is 0 Å². The summed E-state index contributed by atoms with van der Waals surface area (Å²) in [6.07, 6.45) is 11.6. The third-order valence-electron chi connectivity index (χ3n) is 6.55. The molecule has 2 rings (SSSR count). The highest BCUT2D eigenvalue weighted by atomic mass is 19.1. The van der Waals surface area contributed by atoms with Crippen molar-refractivity contribution in [2.24, 2.45) is 5.41 Å². The van der Waals surface area contributed by atoms with Gasteiger partial charge in [0.15, 0.2) is 0 Å². The van der Waals surface area contributed by atoms with E-state index < -0.39 is 12.7 Å². The van der Waals surface area contributed by atoms with Gasteiger partial charge in [0, 0.05) is 6.42 Å². The second kappa shape index (κ2) is 13.1. The minimum Gasteiger partial charge on any atom is -0.348 e. The molecule has 0 aromatic carbocycles. The Morgan fingerprint density at radius 2 is 1.91 bits per heavy atom. The van der Waals surface area contributed by atoms with E-state index in [9.17, 15) is 14.0 Å². The summed E-state index contributed by atoms with van der Waals surface area (Å²) >= 11 is 0. The summed E-state index contributed by atoms with van der Waals surface area (Å²) in [5.41, 5.74) is 2.59. The molecule has 0 aromatic rings. The van der Waals surface area contributed by atoms with Crippen molar-refractivity contribution in [3.63, 3.8) is 0 Å². The monoisotopic (exact) mass is 449 g/mol. The third kappa shape index (κ3) is 9.43. The average Bonchev–Trinajstić information content (AvgIpc) is 3.16. The number of nitrogens with one attached hydrogen (secondary N) is 2. The minimum atomic E-state index is -0.517. The molecule has 2 heterocycles. The van der Waals surface area contributed by atoms with Gasteiger partial charge in [0.05, 0.1) is 6.04 Å². The highest BCUT2D eigenvalue weighted by Crippen LogP contribution is 2.23. The second-order valence-electron chi connectivity index (χ2n) is 10.6. The molecular weight excluding hydrogens is 405 g/mol. The van der Waals surface area contributed by atoms with Crippen LogP contribution in [0.2, 0.25) is 0 Å². The largest absolute Gasteiger partial charge is 0.348 e. The predicted octanol–water partition coefficient (Wildman–Crippen LogP) is 4.68. The number of carbonyl (C=O) groups is 2. The van der Waals surface area contributed by atoms with Gasteiger partial charge < -0.3 is 15.5 Å². The summed E-state index contributed by atoms with van der Waals surface area (Å²) in [4.78, 5) is 26.9. The Kier molecular flexibility index (Phi) is 10.9. The lowest BCUT2D eigenvalue weighted by atomic mass is 9.91. The SMILES string of the molecule is C/C1=C(\C=C/CF)[C@@H](NC(=O)[C@H]2CCC(=O)N2)CCCCCN(CCC(C)(C)C)CCC1. The molecule has 2 N–H and O–H groups in total. The number of rotatable bonds is 6. The standard InChI is InChI=1S/C26H44FN3O2/c1-20-10-9-18-30(19-15-26(2,3)4)17-7-5-6-12-22(21(20)11-8-16-27)29-25(32)23-13-14-24(31)28-23/h8,11,22-23H,5-7,9-10,12-19H2,1-4H3,(H,28,31)(H,29,32)/b11-8-,21-20-/t22-,23+/m0/s1. The summed E-state index contributed by atoms with van der Waals surface area (Å²) in [6, 6.07) is -0.591. The van der Waals surface area contributed by atoms with Crippen molar-refractivity contribution in [2.45, 2.75) is 97.6 Å². The van der Waals surface area contributed by atoms with E-state index in [1.54, 1.807) is 0 Å². The van der Waals surface area contributed by atoms with Crippen LogP contribution in [0.5, 0.6) is 0 Å². The molecular formula is C26H44FN3O2. The van der Waals surface area contributed by atoms with E-state index in [0.29, 0.717) is 18.3 Å². The van der Waals surface area contributed by atoms with Gasteiger partial charge in [0.25, 0.3) is 0 Å². The fourth-order valence-electron chi connectivity index (χ4n) is 4.52. The molecule has 32 heavy (non-hydrogen) atoms.